The van der Waals surface area contributed by atoms with Gasteiger partial charge in [-0.05, 0) is 56.7 Å². The first-order chi connectivity index (χ1) is 13.6. The normalized spacial score (nSPS) is 11.8. The number of benzene rings is 3. The average molecular weight is 433 g/mol. The summed E-state index contributed by atoms with van der Waals surface area (Å²) in [6.45, 7) is 5.34. The number of hydrogen-bond acceptors (Lipinski definition) is 6. The Morgan fingerprint density at radius 3 is 1.52 bits per heavy atom. The summed E-state index contributed by atoms with van der Waals surface area (Å²) in [7, 11) is -8.14. The Morgan fingerprint density at radius 2 is 1.03 bits per heavy atom. The van der Waals surface area contributed by atoms with E-state index in [-0.39, 0.29) is 21.3 Å². The molecule has 0 unspecified atom stereocenters. The van der Waals surface area contributed by atoms with E-state index in [1.54, 1.807) is 31.2 Å². The topological polar surface area (TPSA) is 86.7 Å². The molecule has 0 amide bonds. The molecule has 0 saturated carbocycles. The van der Waals surface area contributed by atoms with Gasteiger partial charge in [0.25, 0.3) is 0 Å². The Balaban J connectivity index is 1.88. The van der Waals surface area contributed by atoms with E-state index in [0.717, 1.165) is 11.1 Å². The van der Waals surface area contributed by atoms with E-state index in [9.17, 15) is 16.8 Å². The maximum atomic E-state index is 12.5. The van der Waals surface area contributed by atoms with E-state index in [1.165, 1.54) is 42.5 Å². The molecule has 29 heavy (non-hydrogen) atoms. The second-order valence-electron chi connectivity index (χ2n) is 6.63. The quantitative estimate of drug-likeness (QED) is 0.544. The highest BCUT2D eigenvalue weighted by atomic mass is 32.2. The summed E-state index contributed by atoms with van der Waals surface area (Å²) in [6, 6.07) is 16.6. The molecule has 0 heterocycles. The van der Waals surface area contributed by atoms with Crippen molar-refractivity contribution in [3.05, 3.63) is 83.4 Å². The monoisotopic (exact) mass is 432 g/mol. The Labute approximate surface area is 171 Å². The van der Waals surface area contributed by atoms with Crippen molar-refractivity contribution >= 4 is 20.2 Å². The van der Waals surface area contributed by atoms with Crippen LogP contribution in [0.3, 0.4) is 0 Å². The first kappa shape index (κ1) is 20.9. The van der Waals surface area contributed by atoms with Crippen molar-refractivity contribution in [3.63, 3.8) is 0 Å². The third-order valence-electron chi connectivity index (χ3n) is 4.18. The van der Waals surface area contributed by atoms with Gasteiger partial charge in [0.15, 0.2) is 0 Å². The number of rotatable bonds is 6. The van der Waals surface area contributed by atoms with Crippen molar-refractivity contribution in [2.45, 2.75) is 30.6 Å². The Kier molecular flexibility index (Phi) is 5.68. The largest absolute Gasteiger partial charge is 0.379 e. The summed E-state index contributed by atoms with van der Waals surface area (Å²) < 4.78 is 60.4. The fourth-order valence-electron chi connectivity index (χ4n) is 2.47. The Hall–Kier alpha value is -2.84. The van der Waals surface area contributed by atoms with Gasteiger partial charge in [0, 0.05) is 6.07 Å². The van der Waals surface area contributed by atoms with Crippen LogP contribution in [0.15, 0.2) is 76.5 Å². The van der Waals surface area contributed by atoms with Crippen molar-refractivity contribution in [2.24, 2.45) is 0 Å². The van der Waals surface area contributed by atoms with E-state index in [4.69, 9.17) is 8.37 Å². The fourth-order valence-corrected chi connectivity index (χ4v) is 4.38. The first-order valence-corrected chi connectivity index (χ1v) is 11.5. The van der Waals surface area contributed by atoms with Crippen LogP contribution in [0.4, 0.5) is 0 Å². The third-order valence-corrected chi connectivity index (χ3v) is 6.69. The maximum Gasteiger partial charge on any atom is 0.339 e. The summed E-state index contributed by atoms with van der Waals surface area (Å²) >= 11 is 0. The zero-order chi connectivity index (χ0) is 21.2. The highest BCUT2D eigenvalue weighted by Gasteiger charge is 2.20. The molecule has 3 rings (SSSR count). The number of aryl methyl sites for hydroxylation is 3. The van der Waals surface area contributed by atoms with Gasteiger partial charge in [-0.2, -0.15) is 16.8 Å². The van der Waals surface area contributed by atoms with Crippen LogP contribution in [-0.4, -0.2) is 16.8 Å². The molecule has 0 saturated heterocycles. The molecule has 3 aromatic carbocycles. The molecule has 0 spiro atoms. The molecule has 0 radical (unpaired) electrons. The zero-order valence-electron chi connectivity index (χ0n) is 16.1. The van der Waals surface area contributed by atoms with Crippen molar-refractivity contribution < 1.29 is 25.2 Å². The summed E-state index contributed by atoms with van der Waals surface area (Å²) in [5.41, 5.74) is 2.34. The van der Waals surface area contributed by atoms with Crippen LogP contribution in [0.2, 0.25) is 0 Å². The van der Waals surface area contributed by atoms with Crippen molar-refractivity contribution in [1.29, 1.82) is 0 Å². The van der Waals surface area contributed by atoms with Gasteiger partial charge < -0.3 is 8.37 Å². The molecule has 0 aromatic heterocycles. The molecule has 0 bridgehead atoms. The van der Waals surface area contributed by atoms with Crippen molar-refractivity contribution in [1.82, 2.24) is 0 Å². The van der Waals surface area contributed by atoms with E-state index >= 15 is 0 Å². The van der Waals surface area contributed by atoms with Crippen LogP contribution >= 0.6 is 0 Å². The van der Waals surface area contributed by atoms with Crippen LogP contribution in [0.25, 0.3) is 0 Å². The predicted octanol–water partition coefficient (Wildman–Crippen LogP) is 4.15. The van der Waals surface area contributed by atoms with Gasteiger partial charge in [-0.25, -0.2) is 0 Å². The maximum absolute atomic E-state index is 12.5. The Morgan fingerprint density at radius 1 is 0.586 bits per heavy atom. The minimum absolute atomic E-state index is 0.00102. The lowest BCUT2D eigenvalue weighted by Gasteiger charge is -2.12. The van der Waals surface area contributed by atoms with Crippen molar-refractivity contribution in [2.75, 3.05) is 0 Å². The van der Waals surface area contributed by atoms with Crippen molar-refractivity contribution in [3.8, 4) is 11.5 Å². The van der Waals surface area contributed by atoms with Gasteiger partial charge in [0.2, 0.25) is 0 Å². The second kappa shape index (κ2) is 7.88. The highest BCUT2D eigenvalue weighted by molar-refractivity contribution is 7.87. The van der Waals surface area contributed by atoms with Crippen LogP contribution < -0.4 is 8.37 Å². The van der Waals surface area contributed by atoms with Crippen LogP contribution in [0.1, 0.15) is 16.7 Å². The van der Waals surface area contributed by atoms with Gasteiger partial charge in [-0.15, -0.1) is 0 Å². The molecule has 0 fully saturated rings. The first-order valence-electron chi connectivity index (χ1n) is 8.70. The highest BCUT2D eigenvalue weighted by Crippen LogP contribution is 2.29. The van der Waals surface area contributed by atoms with Gasteiger partial charge in [0.05, 0.1) is 0 Å². The molecule has 0 aliphatic heterocycles. The molecule has 0 N–H and O–H groups in total. The molecular weight excluding hydrogens is 412 g/mol. The van der Waals surface area contributed by atoms with Crippen LogP contribution in [0.5, 0.6) is 11.5 Å². The minimum atomic E-state index is -4.07. The average Bonchev–Trinajstić information content (AvgIpc) is 2.65. The molecule has 0 atom stereocenters. The lowest BCUT2D eigenvalue weighted by molar-refractivity contribution is 0.475. The standard InChI is InChI=1S/C21H20O6S2/c1-15-4-10-19(11-5-15)28(22,23)26-18-9-8-17(3)21(14-18)27-29(24,25)20-12-6-16(2)7-13-20/h4-14H,1-3H3. The SMILES string of the molecule is Cc1ccc(S(=O)(=O)Oc2ccc(C)c(OS(=O)(=O)c3ccc(C)cc3)c2)cc1. The van der Waals surface area contributed by atoms with E-state index in [2.05, 4.69) is 0 Å². The van der Waals surface area contributed by atoms with Crippen LogP contribution in [0, 0.1) is 20.8 Å². The molecule has 0 aliphatic carbocycles. The molecule has 6 nitrogen and oxygen atoms in total. The predicted molar refractivity (Wildman–Crippen MR) is 109 cm³/mol. The summed E-state index contributed by atoms with van der Waals surface area (Å²) in [5, 5.41) is 0. The molecule has 152 valence electrons. The van der Waals surface area contributed by atoms with E-state index in [0.29, 0.717) is 5.56 Å². The fraction of sp³-hybridized carbons (Fsp3) is 0.143. The van der Waals surface area contributed by atoms with E-state index < -0.39 is 20.2 Å². The molecule has 3 aromatic rings. The van der Waals surface area contributed by atoms with Gasteiger partial charge in [0.1, 0.15) is 21.3 Å². The summed E-state index contributed by atoms with van der Waals surface area (Å²) in [6.07, 6.45) is 0. The van der Waals surface area contributed by atoms with Gasteiger partial charge in [-0.3, -0.25) is 0 Å². The van der Waals surface area contributed by atoms with Gasteiger partial charge in [-0.1, -0.05) is 41.5 Å². The Bertz CT molecular complexity index is 1230. The number of hydrogen-bond donors (Lipinski definition) is 0. The smallest absolute Gasteiger partial charge is 0.339 e. The summed E-state index contributed by atoms with van der Waals surface area (Å²) in [5.74, 6) is -0.0625. The molecule has 0 aliphatic rings. The lowest BCUT2D eigenvalue weighted by atomic mass is 10.2. The lowest BCUT2D eigenvalue weighted by Crippen LogP contribution is -2.12. The molecule has 8 heteroatoms. The zero-order valence-corrected chi connectivity index (χ0v) is 17.7. The molecular formula is C21H20O6S2. The third kappa shape index (κ3) is 4.96. The van der Waals surface area contributed by atoms with Crippen LogP contribution in [-0.2, 0) is 20.2 Å². The van der Waals surface area contributed by atoms with E-state index in [1.807, 2.05) is 13.8 Å². The minimum Gasteiger partial charge on any atom is -0.379 e. The summed E-state index contributed by atoms with van der Waals surface area (Å²) in [4.78, 5) is -0.000446. The second-order valence-corrected chi connectivity index (χ2v) is 9.72. The van der Waals surface area contributed by atoms with Gasteiger partial charge >= 0.3 is 20.2 Å².